The highest BCUT2D eigenvalue weighted by Crippen LogP contribution is 2.48. The molecule has 0 heterocycles. The van der Waals surface area contributed by atoms with Gasteiger partial charge in [-0.15, -0.1) is 0 Å². The molecule has 2 unspecified atom stereocenters. The summed E-state index contributed by atoms with van der Waals surface area (Å²) in [4.78, 5) is 2.51. The molecule has 3 rings (SSSR count). The first-order valence-electron chi connectivity index (χ1n) is 8.57. The Labute approximate surface area is 129 Å². The van der Waals surface area contributed by atoms with Crippen molar-refractivity contribution in [2.75, 3.05) is 18.5 Å². The van der Waals surface area contributed by atoms with Crippen molar-refractivity contribution in [2.45, 2.75) is 57.9 Å². The van der Waals surface area contributed by atoms with Gasteiger partial charge in [-0.1, -0.05) is 30.5 Å². The zero-order valence-corrected chi connectivity index (χ0v) is 13.9. The van der Waals surface area contributed by atoms with Crippen LogP contribution in [-0.2, 0) is 0 Å². The minimum absolute atomic E-state index is 0.172. The van der Waals surface area contributed by atoms with Gasteiger partial charge in [0.1, 0.15) is 0 Å². The molecule has 2 nitrogen and oxygen atoms in total. The van der Waals surface area contributed by atoms with E-state index in [9.17, 15) is 0 Å². The monoisotopic (exact) mass is 286 g/mol. The summed E-state index contributed by atoms with van der Waals surface area (Å²) in [7, 11) is 2.26. The third kappa shape index (κ3) is 2.83. The van der Waals surface area contributed by atoms with Gasteiger partial charge in [-0.05, 0) is 63.0 Å². The van der Waals surface area contributed by atoms with Crippen LogP contribution >= 0.6 is 0 Å². The second-order valence-electron chi connectivity index (χ2n) is 7.47. The molecule has 0 spiro atoms. The number of nitrogens with zero attached hydrogens (tertiary/aromatic N) is 1. The first-order valence-corrected chi connectivity index (χ1v) is 8.57. The Bertz CT molecular complexity index is 506. The van der Waals surface area contributed by atoms with Crippen LogP contribution in [0.25, 0.3) is 0 Å². The molecule has 2 fully saturated rings. The first kappa shape index (κ1) is 14.9. The number of nitrogens with two attached hydrogens (primary N) is 1. The van der Waals surface area contributed by atoms with Crippen LogP contribution < -0.4 is 10.6 Å². The van der Waals surface area contributed by atoms with Gasteiger partial charge in [0.2, 0.25) is 0 Å². The van der Waals surface area contributed by atoms with Gasteiger partial charge in [-0.3, -0.25) is 0 Å². The van der Waals surface area contributed by atoms with Crippen LogP contribution in [-0.4, -0.2) is 19.1 Å². The van der Waals surface area contributed by atoms with Crippen LogP contribution in [0.3, 0.4) is 0 Å². The fraction of sp³-hybridized carbons (Fsp3) is 0.684. The number of hydrogen-bond acceptors (Lipinski definition) is 2. The Morgan fingerprint density at radius 2 is 1.95 bits per heavy atom. The lowest BCUT2D eigenvalue weighted by atomic mass is 9.72. The van der Waals surface area contributed by atoms with Crippen molar-refractivity contribution < 1.29 is 0 Å². The van der Waals surface area contributed by atoms with Crippen LogP contribution in [0, 0.1) is 25.7 Å². The lowest BCUT2D eigenvalue weighted by Crippen LogP contribution is -2.55. The molecule has 21 heavy (non-hydrogen) atoms. The number of hydrogen-bond donors (Lipinski definition) is 1. The van der Waals surface area contributed by atoms with Crippen LogP contribution in [0.4, 0.5) is 5.69 Å². The maximum atomic E-state index is 6.30. The van der Waals surface area contributed by atoms with Crippen molar-refractivity contribution in [2.24, 2.45) is 17.6 Å². The average molecular weight is 286 g/mol. The molecule has 0 aliphatic heterocycles. The quantitative estimate of drug-likeness (QED) is 0.905. The van der Waals surface area contributed by atoms with Crippen molar-refractivity contribution in [3.05, 3.63) is 29.3 Å². The Kier molecular flexibility index (Phi) is 4.00. The van der Waals surface area contributed by atoms with E-state index < -0.39 is 0 Å². The number of aryl methyl sites for hydroxylation is 2. The molecule has 2 saturated carbocycles. The molecule has 2 atom stereocenters. The van der Waals surface area contributed by atoms with Gasteiger partial charge < -0.3 is 10.6 Å². The lowest BCUT2D eigenvalue weighted by molar-refractivity contribution is 0.204. The normalized spacial score (nSPS) is 29.4. The van der Waals surface area contributed by atoms with Crippen molar-refractivity contribution in [1.82, 2.24) is 0 Å². The van der Waals surface area contributed by atoms with Crippen LogP contribution in [0.2, 0.25) is 0 Å². The summed E-state index contributed by atoms with van der Waals surface area (Å²) >= 11 is 0. The Morgan fingerprint density at radius 1 is 1.19 bits per heavy atom. The molecule has 0 amide bonds. The third-order valence-corrected chi connectivity index (χ3v) is 5.95. The topological polar surface area (TPSA) is 29.3 Å². The zero-order valence-electron chi connectivity index (χ0n) is 13.9. The fourth-order valence-electron chi connectivity index (χ4n) is 4.42. The molecule has 2 aliphatic carbocycles. The predicted molar refractivity (Wildman–Crippen MR) is 90.8 cm³/mol. The third-order valence-electron chi connectivity index (χ3n) is 5.95. The lowest BCUT2D eigenvalue weighted by Gasteiger charge is -2.48. The van der Waals surface area contributed by atoms with E-state index >= 15 is 0 Å². The maximum absolute atomic E-state index is 6.30. The molecule has 116 valence electrons. The molecule has 2 N–H and O–H groups in total. The van der Waals surface area contributed by atoms with Crippen LogP contribution in [0.5, 0.6) is 0 Å². The molecule has 1 aromatic carbocycles. The van der Waals surface area contributed by atoms with Gasteiger partial charge >= 0.3 is 0 Å². The summed E-state index contributed by atoms with van der Waals surface area (Å²) in [6.07, 6.45) is 8.21. The number of anilines is 1. The fourth-order valence-corrected chi connectivity index (χ4v) is 4.42. The van der Waals surface area contributed by atoms with Gasteiger partial charge in [-0.25, -0.2) is 0 Å². The predicted octanol–water partition coefficient (Wildman–Crippen LogP) is 4.04. The van der Waals surface area contributed by atoms with E-state index in [1.165, 1.54) is 55.3 Å². The SMILES string of the molecule is Cc1ccc(N(C)C2(CN)CCCC(C3CC3)C2)c(C)c1. The Hall–Kier alpha value is -1.02. The smallest absolute Gasteiger partial charge is 0.0523 e. The maximum Gasteiger partial charge on any atom is 0.0523 e. The Balaban J connectivity index is 1.86. The van der Waals surface area contributed by atoms with Gasteiger partial charge in [0.05, 0.1) is 5.54 Å². The van der Waals surface area contributed by atoms with E-state index in [1.54, 1.807) is 0 Å². The zero-order chi connectivity index (χ0) is 15.0. The van der Waals surface area contributed by atoms with E-state index in [-0.39, 0.29) is 5.54 Å². The van der Waals surface area contributed by atoms with Gasteiger partial charge in [-0.2, -0.15) is 0 Å². The molecule has 2 heteroatoms. The molecular weight excluding hydrogens is 256 g/mol. The van der Waals surface area contributed by atoms with E-state index in [4.69, 9.17) is 5.73 Å². The summed E-state index contributed by atoms with van der Waals surface area (Å²) in [6, 6.07) is 6.80. The molecule has 2 aliphatic rings. The minimum atomic E-state index is 0.172. The average Bonchev–Trinajstić information content (AvgIpc) is 3.31. The second-order valence-corrected chi connectivity index (χ2v) is 7.47. The van der Waals surface area contributed by atoms with Crippen molar-refractivity contribution in [3.8, 4) is 0 Å². The summed E-state index contributed by atoms with van der Waals surface area (Å²) in [5.41, 5.74) is 10.5. The summed E-state index contributed by atoms with van der Waals surface area (Å²) in [5.74, 6) is 1.92. The van der Waals surface area contributed by atoms with E-state index in [0.717, 1.165) is 18.4 Å². The highest BCUT2D eigenvalue weighted by Gasteiger charge is 2.43. The standard InChI is InChI=1S/C19H30N2/c1-14-6-9-18(15(2)11-14)21(3)19(13-20)10-4-5-17(12-19)16-7-8-16/h6,9,11,16-17H,4-5,7-8,10,12-13,20H2,1-3H3. The van der Waals surface area contributed by atoms with Crippen LogP contribution in [0.15, 0.2) is 18.2 Å². The highest BCUT2D eigenvalue weighted by atomic mass is 15.2. The van der Waals surface area contributed by atoms with E-state index in [1.807, 2.05) is 0 Å². The molecular formula is C19H30N2. The van der Waals surface area contributed by atoms with Crippen molar-refractivity contribution in [1.29, 1.82) is 0 Å². The van der Waals surface area contributed by atoms with Crippen molar-refractivity contribution in [3.63, 3.8) is 0 Å². The Morgan fingerprint density at radius 3 is 2.57 bits per heavy atom. The van der Waals surface area contributed by atoms with E-state index in [0.29, 0.717) is 0 Å². The minimum Gasteiger partial charge on any atom is -0.367 e. The summed E-state index contributed by atoms with van der Waals surface area (Å²) < 4.78 is 0. The summed E-state index contributed by atoms with van der Waals surface area (Å²) in [5, 5.41) is 0. The van der Waals surface area contributed by atoms with Gasteiger partial charge in [0.15, 0.2) is 0 Å². The van der Waals surface area contributed by atoms with Crippen LogP contribution in [0.1, 0.15) is 49.7 Å². The molecule has 0 radical (unpaired) electrons. The molecule has 0 bridgehead atoms. The van der Waals surface area contributed by atoms with E-state index in [2.05, 4.69) is 44.0 Å². The largest absolute Gasteiger partial charge is 0.367 e. The van der Waals surface area contributed by atoms with Gasteiger partial charge in [0.25, 0.3) is 0 Å². The highest BCUT2D eigenvalue weighted by molar-refractivity contribution is 5.56. The second kappa shape index (κ2) is 5.64. The molecule has 0 aromatic heterocycles. The molecule has 1 aromatic rings. The van der Waals surface area contributed by atoms with Gasteiger partial charge in [0, 0.05) is 19.3 Å². The molecule has 0 saturated heterocycles. The summed E-state index contributed by atoms with van der Waals surface area (Å²) in [6.45, 7) is 5.17. The first-order chi connectivity index (χ1) is 10.1. The number of rotatable bonds is 4. The number of benzene rings is 1. The van der Waals surface area contributed by atoms with Crippen molar-refractivity contribution >= 4 is 5.69 Å². The number of likely N-dealkylation sites (N-methyl/N-ethyl adjacent to an activating group) is 1.